The van der Waals surface area contributed by atoms with Crippen molar-refractivity contribution in [3.63, 3.8) is 0 Å². The molecule has 0 bridgehead atoms. The van der Waals surface area contributed by atoms with Crippen LogP contribution in [0.15, 0.2) is 97.1 Å². The summed E-state index contributed by atoms with van der Waals surface area (Å²) >= 11 is 0. The monoisotopic (exact) mass is 396 g/mol. The SMILES string of the molecule is CCc1ccc(C#Cc2ccc(-c3ccc(C#Cc4ccc(C)cc4)cc3)cc2)cc1. The van der Waals surface area contributed by atoms with Crippen LogP contribution in [0.1, 0.15) is 40.3 Å². The molecule has 0 radical (unpaired) electrons. The van der Waals surface area contributed by atoms with Gasteiger partial charge in [0.25, 0.3) is 0 Å². The summed E-state index contributed by atoms with van der Waals surface area (Å²) in [7, 11) is 0. The largest absolute Gasteiger partial charge is 0.0617 e. The number of rotatable bonds is 2. The van der Waals surface area contributed by atoms with Crippen molar-refractivity contribution in [2.75, 3.05) is 0 Å². The lowest BCUT2D eigenvalue weighted by Gasteiger charge is -2.02. The standard InChI is InChI=1S/C31H24/c1-3-25-8-10-27(11-9-25)13-15-29-18-22-31(23-19-29)30-20-16-28(17-21-30)14-12-26-6-4-24(2)5-7-26/h4-11,16-23H,3H2,1-2H3. The quantitative estimate of drug-likeness (QED) is 0.319. The van der Waals surface area contributed by atoms with Crippen LogP contribution >= 0.6 is 0 Å². The smallest absolute Gasteiger partial charge is 0.0249 e. The second-order valence-corrected chi connectivity index (χ2v) is 7.57. The number of hydrogen-bond donors (Lipinski definition) is 0. The molecule has 4 aromatic carbocycles. The van der Waals surface area contributed by atoms with Gasteiger partial charge in [-0.1, -0.05) is 84.7 Å². The van der Waals surface area contributed by atoms with Crippen LogP contribution < -0.4 is 0 Å². The Morgan fingerprint density at radius 3 is 1.13 bits per heavy atom. The summed E-state index contributed by atoms with van der Waals surface area (Å²) in [5, 5.41) is 0. The molecule has 4 aromatic rings. The van der Waals surface area contributed by atoms with Crippen LogP contribution in [0.3, 0.4) is 0 Å². The molecule has 0 spiro atoms. The first-order chi connectivity index (χ1) is 15.2. The summed E-state index contributed by atoms with van der Waals surface area (Å²) in [5.74, 6) is 13.0. The van der Waals surface area contributed by atoms with Gasteiger partial charge in [0.1, 0.15) is 0 Å². The zero-order chi connectivity index (χ0) is 21.5. The highest BCUT2D eigenvalue weighted by atomic mass is 14.0. The van der Waals surface area contributed by atoms with Gasteiger partial charge in [0.15, 0.2) is 0 Å². The summed E-state index contributed by atoms with van der Waals surface area (Å²) < 4.78 is 0. The van der Waals surface area contributed by atoms with E-state index in [4.69, 9.17) is 0 Å². The van der Waals surface area contributed by atoms with Gasteiger partial charge in [0.05, 0.1) is 0 Å². The third-order valence-corrected chi connectivity index (χ3v) is 5.22. The molecule has 0 aliphatic carbocycles. The summed E-state index contributed by atoms with van der Waals surface area (Å²) in [4.78, 5) is 0. The summed E-state index contributed by atoms with van der Waals surface area (Å²) in [6.45, 7) is 4.24. The molecule has 31 heavy (non-hydrogen) atoms. The third-order valence-electron chi connectivity index (χ3n) is 5.22. The summed E-state index contributed by atoms with van der Waals surface area (Å²) in [5.41, 5.74) is 9.05. The van der Waals surface area contributed by atoms with Gasteiger partial charge >= 0.3 is 0 Å². The second-order valence-electron chi connectivity index (χ2n) is 7.57. The van der Waals surface area contributed by atoms with Gasteiger partial charge in [-0.15, -0.1) is 0 Å². The van der Waals surface area contributed by atoms with Crippen LogP contribution in [0.2, 0.25) is 0 Å². The Bertz CT molecular complexity index is 1260. The fourth-order valence-corrected chi connectivity index (χ4v) is 3.24. The first-order valence-electron chi connectivity index (χ1n) is 10.6. The van der Waals surface area contributed by atoms with Crippen LogP contribution in [0, 0.1) is 30.6 Å². The lowest BCUT2D eigenvalue weighted by molar-refractivity contribution is 1.14. The van der Waals surface area contributed by atoms with E-state index in [1.165, 1.54) is 22.3 Å². The van der Waals surface area contributed by atoms with E-state index >= 15 is 0 Å². The Morgan fingerprint density at radius 1 is 0.452 bits per heavy atom. The predicted octanol–water partition coefficient (Wildman–Crippen LogP) is 7.02. The van der Waals surface area contributed by atoms with E-state index < -0.39 is 0 Å². The first kappa shape index (κ1) is 20.3. The van der Waals surface area contributed by atoms with Gasteiger partial charge in [-0.25, -0.2) is 0 Å². The van der Waals surface area contributed by atoms with E-state index in [1.54, 1.807) is 0 Å². The van der Waals surface area contributed by atoms with Crippen LogP contribution in [-0.4, -0.2) is 0 Å². The number of aryl methyl sites for hydroxylation is 2. The lowest BCUT2D eigenvalue weighted by atomic mass is 10.0. The van der Waals surface area contributed by atoms with Crippen LogP contribution in [0.25, 0.3) is 11.1 Å². The van der Waals surface area contributed by atoms with Crippen molar-refractivity contribution in [1.29, 1.82) is 0 Å². The third kappa shape index (κ3) is 5.54. The molecule has 4 rings (SSSR count). The van der Waals surface area contributed by atoms with Crippen molar-refractivity contribution in [2.45, 2.75) is 20.3 Å². The first-order valence-corrected chi connectivity index (χ1v) is 10.6. The molecule has 0 aromatic heterocycles. The Hall–Kier alpha value is -4.00. The molecule has 0 heteroatoms. The molecule has 148 valence electrons. The maximum Gasteiger partial charge on any atom is 0.0249 e. The van der Waals surface area contributed by atoms with E-state index in [0.717, 1.165) is 28.7 Å². The highest BCUT2D eigenvalue weighted by molar-refractivity contribution is 5.65. The highest BCUT2D eigenvalue weighted by Gasteiger charge is 1.98. The molecule has 0 nitrogen and oxygen atoms in total. The molecular formula is C31H24. The van der Waals surface area contributed by atoms with Crippen LogP contribution in [0.5, 0.6) is 0 Å². The van der Waals surface area contributed by atoms with Crippen LogP contribution in [0.4, 0.5) is 0 Å². The number of benzene rings is 4. The van der Waals surface area contributed by atoms with Crippen molar-refractivity contribution in [3.05, 3.63) is 130 Å². The van der Waals surface area contributed by atoms with E-state index in [0.29, 0.717) is 0 Å². The minimum absolute atomic E-state index is 1.01. The molecule has 0 aliphatic rings. The molecule has 0 heterocycles. The zero-order valence-electron chi connectivity index (χ0n) is 17.9. The molecule has 0 saturated heterocycles. The Balaban J connectivity index is 1.44. The maximum absolute atomic E-state index is 3.25. The Labute approximate surface area is 185 Å². The lowest BCUT2D eigenvalue weighted by Crippen LogP contribution is -1.82. The molecule has 0 fully saturated rings. The van der Waals surface area contributed by atoms with Gasteiger partial charge in [0.2, 0.25) is 0 Å². The Morgan fingerprint density at radius 2 is 0.774 bits per heavy atom. The van der Waals surface area contributed by atoms with Crippen LogP contribution in [-0.2, 0) is 6.42 Å². The number of hydrogen-bond acceptors (Lipinski definition) is 0. The average Bonchev–Trinajstić information content (AvgIpc) is 2.83. The molecule has 0 amide bonds. The molecule has 0 aliphatic heterocycles. The average molecular weight is 397 g/mol. The summed E-state index contributed by atoms with van der Waals surface area (Å²) in [6, 6.07) is 33.5. The van der Waals surface area contributed by atoms with Crippen molar-refractivity contribution in [2.24, 2.45) is 0 Å². The molecule has 0 N–H and O–H groups in total. The fourth-order valence-electron chi connectivity index (χ4n) is 3.24. The van der Waals surface area contributed by atoms with Gasteiger partial charge in [-0.3, -0.25) is 0 Å². The zero-order valence-corrected chi connectivity index (χ0v) is 17.9. The maximum atomic E-state index is 3.25. The van der Waals surface area contributed by atoms with Gasteiger partial charge in [-0.2, -0.15) is 0 Å². The van der Waals surface area contributed by atoms with Crippen molar-refractivity contribution in [1.82, 2.24) is 0 Å². The van der Waals surface area contributed by atoms with Gasteiger partial charge in [0, 0.05) is 22.3 Å². The second kappa shape index (κ2) is 9.67. The molecule has 0 saturated carbocycles. The molecule has 0 atom stereocenters. The highest BCUT2D eigenvalue weighted by Crippen LogP contribution is 2.20. The van der Waals surface area contributed by atoms with E-state index in [1.807, 2.05) is 0 Å². The minimum atomic E-state index is 1.01. The van der Waals surface area contributed by atoms with Gasteiger partial charge < -0.3 is 0 Å². The van der Waals surface area contributed by atoms with E-state index in [9.17, 15) is 0 Å². The van der Waals surface area contributed by atoms with E-state index in [2.05, 4.69) is 135 Å². The van der Waals surface area contributed by atoms with Gasteiger partial charge in [-0.05, 0) is 78.6 Å². The fraction of sp³-hybridized carbons (Fsp3) is 0.0968. The minimum Gasteiger partial charge on any atom is -0.0617 e. The van der Waals surface area contributed by atoms with Crippen molar-refractivity contribution < 1.29 is 0 Å². The Kier molecular flexibility index (Phi) is 6.32. The topological polar surface area (TPSA) is 0 Å². The summed E-state index contributed by atoms with van der Waals surface area (Å²) in [6.07, 6.45) is 1.05. The van der Waals surface area contributed by atoms with E-state index in [-0.39, 0.29) is 0 Å². The molecule has 0 unspecified atom stereocenters. The predicted molar refractivity (Wildman–Crippen MR) is 131 cm³/mol. The van der Waals surface area contributed by atoms with Crippen molar-refractivity contribution in [3.8, 4) is 34.8 Å². The normalized spacial score (nSPS) is 9.87. The molecular weight excluding hydrogens is 372 g/mol. The van der Waals surface area contributed by atoms with Crippen molar-refractivity contribution >= 4 is 0 Å².